The van der Waals surface area contributed by atoms with E-state index in [9.17, 15) is 14.7 Å². The number of aliphatic hydroxyl groups excluding tert-OH is 1. The third-order valence-electron chi connectivity index (χ3n) is 2.90. The van der Waals surface area contributed by atoms with E-state index in [2.05, 4.69) is 5.32 Å². The molecule has 0 bridgehead atoms. The Balaban J connectivity index is 2.66. The first-order valence-corrected chi connectivity index (χ1v) is 6.38. The molecule has 0 saturated carbocycles. The largest absolute Gasteiger partial charge is 0.478 e. The average Bonchev–Trinajstić information content (AvgIpc) is 2.38. The molecule has 3 N–H and O–H groups in total. The molecule has 0 fully saturated rings. The van der Waals surface area contributed by atoms with Crippen molar-refractivity contribution in [2.45, 2.75) is 13.0 Å². The average molecular weight is 296 g/mol. The summed E-state index contributed by atoms with van der Waals surface area (Å²) in [6.07, 6.45) is -0.762. The monoisotopic (exact) mass is 296 g/mol. The van der Waals surface area contributed by atoms with Crippen molar-refractivity contribution in [2.24, 2.45) is 0 Å². The number of nitrogens with zero attached hydrogens (tertiary/aromatic N) is 1. The van der Waals surface area contributed by atoms with Crippen molar-refractivity contribution in [2.75, 3.05) is 32.6 Å². The number of urea groups is 1. The molecule has 0 aliphatic carbocycles. The fourth-order valence-corrected chi connectivity index (χ4v) is 1.84. The molecular formula is C14H20N2O5. The third kappa shape index (κ3) is 5.05. The van der Waals surface area contributed by atoms with E-state index in [4.69, 9.17) is 9.84 Å². The van der Waals surface area contributed by atoms with Crippen LogP contribution in [0, 0.1) is 6.92 Å². The van der Waals surface area contributed by atoms with Gasteiger partial charge in [-0.2, -0.15) is 0 Å². The van der Waals surface area contributed by atoms with Gasteiger partial charge in [0.2, 0.25) is 0 Å². The van der Waals surface area contributed by atoms with Gasteiger partial charge in [0.05, 0.1) is 24.8 Å². The minimum atomic E-state index is -1.01. The highest BCUT2D eigenvalue weighted by Gasteiger charge is 2.14. The first-order valence-electron chi connectivity index (χ1n) is 6.38. The van der Waals surface area contributed by atoms with Crippen molar-refractivity contribution in [3.05, 3.63) is 29.3 Å². The third-order valence-corrected chi connectivity index (χ3v) is 2.90. The number of aryl methyl sites for hydroxylation is 1. The highest BCUT2D eigenvalue weighted by Crippen LogP contribution is 2.15. The fourth-order valence-electron chi connectivity index (χ4n) is 1.84. The number of anilines is 1. The number of amides is 2. The number of ether oxygens (including phenoxy) is 1. The number of carbonyl (C=O) groups excluding carboxylic acids is 1. The van der Waals surface area contributed by atoms with E-state index in [0.29, 0.717) is 11.3 Å². The minimum Gasteiger partial charge on any atom is -0.478 e. The van der Waals surface area contributed by atoms with Crippen LogP contribution in [0.2, 0.25) is 0 Å². The summed E-state index contributed by atoms with van der Waals surface area (Å²) in [7, 11) is 3.02. The van der Waals surface area contributed by atoms with E-state index < -0.39 is 18.1 Å². The summed E-state index contributed by atoms with van der Waals surface area (Å²) in [6.45, 7) is 1.93. The molecule has 0 spiro atoms. The second-order valence-electron chi connectivity index (χ2n) is 4.75. The Hall–Kier alpha value is -2.12. The number of rotatable bonds is 6. The summed E-state index contributed by atoms with van der Waals surface area (Å²) in [5, 5.41) is 21.1. The van der Waals surface area contributed by atoms with Crippen LogP contribution in [-0.2, 0) is 4.74 Å². The Bertz CT molecular complexity index is 518. The zero-order valence-electron chi connectivity index (χ0n) is 12.3. The van der Waals surface area contributed by atoms with E-state index in [-0.39, 0.29) is 18.7 Å². The predicted molar refractivity (Wildman–Crippen MR) is 77.7 cm³/mol. The number of carboxylic acids is 1. The number of aliphatic hydroxyl groups is 1. The molecule has 1 aromatic carbocycles. The first kappa shape index (κ1) is 16.9. The summed E-state index contributed by atoms with van der Waals surface area (Å²) >= 11 is 0. The summed E-state index contributed by atoms with van der Waals surface area (Å²) in [4.78, 5) is 24.2. The van der Waals surface area contributed by atoms with Crippen LogP contribution in [0.5, 0.6) is 0 Å². The number of methoxy groups -OCH3 is 1. The van der Waals surface area contributed by atoms with Crippen molar-refractivity contribution < 1.29 is 24.5 Å². The molecular weight excluding hydrogens is 276 g/mol. The van der Waals surface area contributed by atoms with Crippen LogP contribution in [0.1, 0.15) is 15.9 Å². The molecule has 7 nitrogen and oxygen atoms in total. The zero-order valence-corrected chi connectivity index (χ0v) is 12.3. The van der Waals surface area contributed by atoms with Crippen molar-refractivity contribution in [3.63, 3.8) is 0 Å². The maximum absolute atomic E-state index is 11.9. The van der Waals surface area contributed by atoms with E-state index in [1.165, 1.54) is 24.1 Å². The van der Waals surface area contributed by atoms with Crippen LogP contribution in [0.25, 0.3) is 0 Å². The Morgan fingerprint density at radius 2 is 2.10 bits per heavy atom. The van der Waals surface area contributed by atoms with Crippen molar-refractivity contribution in [3.8, 4) is 0 Å². The summed E-state index contributed by atoms with van der Waals surface area (Å²) in [5.41, 5.74) is 1.25. The van der Waals surface area contributed by atoms with Gasteiger partial charge in [-0.1, -0.05) is 0 Å². The van der Waals surface area contributed by atoms with Gasteiger partial charge in [-0.05, 0) is 30.7 Å². The summed E-state index contributed by atoms with van der Waals surface area (Å²) < 4.78 is 4.79. The highest BCUT2D eigenvalue weighted by atomic mass is 16.5. The van der Waals surface area contributed by atoms with Crippen molar-refractivity contribution >= 4 is 17.7 Å². The standard InChI is InChI=1S/C14H20N2O5/c1-9-6-10(4-5-12(9)13(18)19)15-14(20)16(2)7-11(17)8-21-3/h4-6,11,17H,7-8H2,1-3H3,(H,15,20)(H,18,19). The van der Waals surface area contributed by atoms with Crippen LogP contribution in [-0.4, -0.2) is 60.5 Å². The molecule has 1 atom stereocenters. The van der Waals surface area contributed by atoms with Gasteiger partial charge in [-0.15, -0.1) is 0 Å². The lowest BCUT2D eigenvalue weighted by molar-refractivity contribution is 0.0501. The van der Waals surface area contributed by atoms with Gasteiger partial charge in [0.15, 0.2) is 0 Å². The van der Waals surface area contributed by atoms with Gasteiger partial charge >= 0.3 is 12.0 Å². The quantitative estimate of drug-likeness (QED) is 0.731. The Morgan fingerprint density at radius 3 is 2.62 bits per heavy atom. The maximum atomic E-state index is 11.9. The van der Waals surface area contributed by atoms with E-state index in [1.54, 1.807) is 20.0 Å². The molecule has 0 saturated heterocycles. The molecule has 0 aliphatic rings. The van der Waals surface area contributed by atoms with Crippen LogP contribution in [0.15, 0.2) is 18.2 Å². The SMILES string of the molecule is COCC(O)CN(C)C(=O)Nc1ccc(C(=O)O)c(C)c1. The molecule has 2 amide bonds. The van der Waals surface area contributed by atoms with Gasteiger partial charge in [0.1, 0.15) is 0 Å². The van der Waals surface area contributed by atoms with Crippen molar-refractivity contribution in [1.82, 2.24) is 4.90 Å². The Labute approximate surface area is 123 Å². The number of benzene rings is 1. The second-order valence-corrected chi connectivity index (χ2v) is 4.75. The number of carboxylic acid groups (broad SMARTS) is 1. The van der Waals surface area contributed by atoms with Gasteiger partial charge in [0, 0.05) is 19.8 Å². The second kappa shape index (κ2) is 7.61. The molecule has 7 heteroatoms. The normalized spacial score (nSPS) is 11.8. The first-order chi connectivity index (χ1) is 9.85. The number of hydrogen-bond donors (Lipinski definition) is 3. The fraction of sp³-hybridized carbons (Fsp3) is 0.429. The molecule has 0 aromatic heterocycles. The number of likely N-dealkylation sites (N-methyl/N-ethyl adjacent to an activating group) is 1. The summed E-state index contributed by atoms with van der Waals surface area (Å²) in [6, 6.07) is 4.15. The minimum absolute atomic E-state index is 0.131. The molecule has 1 aromatic rings. The van der Waals surface area contributed by atoms with E-state index >= 15 is 0 Å². The number of hydrogen-bond acceptors (Lipinski definition) is 4. The smallest absolute Gasteiger partial charge is 0.335 e. The van der Waals surface area contributed by atoms with E-state index in [0.717, 1.165) is 0 Å². The lowest BCUT2D eigenvalue weighted by Crippen LogP contribution is -2.38. The van der Waals surface area contributed by atoms with Gasteiger partial charge in [-0.25, -0.2) is 9.59 Å². The summed E-state index contributed by atoms with van der Waals surface area (Å²) in [5.74, 6) is -1.01. The zero-order chi connectivity index (χ0) is 16.0. The predicted octanol–water partition coefficient (Wildman–Crippen LogP) is 1.16. The van der Waals surface area contributed by atoms with Gasteiger partial charge in [-0.3, -0.25) is 0 Å². The topological polar surface area (TPSA) is 99.1 Å². The molecule has 0 radical (unpaired) electrons. The van der Waals surface area contributed by atoms with E-state index in [1.807, 2.05) is 0 Å². The number of aromatic carboxylic acids is 1. The number of carbonyl (C=O) groups is 2. The molecule has 1 unspecified atom stereocenters. The Kier molecular flexibility index (Phi) is 6.13. The molecule has 1 rings (SSSR count). The lowest BCUT2D eigenvalue weighted by Gasteiger charge is -2.21. The van der Waals surface area contributed by atoms with Gasteiger partial charge < -0.3 is 25.2 Å². The van der Waals surface area contributed by atoms with Crippen LogP contribution in [0.4, 0.5) is 10.5 Å². The lowest BCUT2D eigenvalue weighted by atomic mass is 10.1. The van der Waals surface area contributed by atoms with Crippen LogP contribution < -0.4 is 5.32 Å². The van der Waals surface area contributed by atoms with Gasteiger partial charge in [0.25, 0.3) is 0 Å². The molecule has 21 heavy (non-hydrogen) atoms. The maximum Gasteiger partial charge on any atom is 0.335 e. The van der Waals surface area contributed by atoms with Crippen LogP contribution in [0.3, 0.4) is 0 Å². The molecule has 116 valence electrons. The number of nitrogens with one attached hydrogen (secondary N) is 1. The Morgan fingerprint density at radius 1 is 1.43 bits per heavy atom. The molecule has 0 heterocycles. The highest BCUT2D eigenvalue weighted by molar-refractivity contribution is 5.92. The molecule has 0 aliphatic heterocycles. The van der Waals surface area contributed by atoms with Crippen LogP contribution >= 0.6 is 0 Å². The van der Waals surface area contributed by atoms with Crippen molar-refractivity contribution in [1.29, 1.82) is 0 Å².